The molecular weight excluding hydrogens is 720 g/mol. The van der Waals surface area contributed by atoms with Crippen LogP contribution < -0.4 is 33.8 Å². The van der Waals surface area contributed by atoms with Gasteiger partial charge in [0.15, 0.2) is 27.8 Å². The summed E-state index contributed by atoms with van der Waals surface area (Å²) >= 11 is 4.91. The first-order valence-electron chi connectivity index (χ1n) is 16.3. The molecule has 0 bridgehead atoms. The number of thiazole rings is 1. The highest BCUT2D eigenvalue weighted by Crippen LogP contribution is 2.39. The van der Waals surface area contributed by atoms with Gasteiger partial charge in [0, 0.05) is 0 Å². The summed E-state index contributed by atoms with van der Waals surface area (Å²) in [5, 5.41) is 2.26. The fraction of sp³-hybridized carbons (Fsp3) is 0.256. The standard InChI is InChI=1S/C39H37BrN2O7S/c1-6-46-30-17-16-26(21-31(30)47-7-2)35-34(38(44)48-8-3)23(4)41-39-42(35)37(43)33(50-39)20-24-18-29(40)36(32(19-24)45-5)49-22-27-14-11-13-25-12-9-10-15-28(25)27/h9-21,35H,6-8,22H2,1-5H3/b33-20-/t35-/m1/s1. The lowest BCUT2D eigenvalue weighted by Gasteiger charge is -2.25. The van der Waals surface area contributed by atoms with Crippen LogP contribution in [0.5, 0.6) is 23.0 Å². The Hall–Kier alpha value is -4.87. The lowest BCUT2D eigenvalue weighted by atomic mass is 9.95. The van der Waals surface area contributed by atoms with E-state index in [9.17, 15) is 9.59 Å². The average Bonchev–Trinajstić information content (AvgIpc) is 3.41. The van der Waals surface area contributed by atoms with Crippen LogP contribution in [0.15, 0.2) is 98.3 Å². The first-order chi connectivity index (χ1) is 24.3. The monoisotopic (exact) mass is 756 g/mol. The number of fused-ring (bicyclic) bond motifs is 2. The van der Waals surface area contributed by atoms with Crippen molar-refractivity contribution < 1.29 is 28.5 Å². The molecule has 1 aliphatic rings. The highest BCUT2D eigenvalue weighted by molar-refractivity contribution is 9.10. The molecule has 0 radical (unpaired) electrons. The molecule has 9 nitrogen and oxygen atoms in total. The lowest BCUT2D eigenvalue weighted by molar-refractivity contribution is -0.139. The molecule has 1 aliphatic heterocycles. The van der Waals surface area contributed by atoms with Gasteiger partial charge in [0.2, 0.25) is 0 Å². The van der Waals surface area contributed by atoms with E-state index in [1.807, 2.05) is 62.4 Å². The van der Waals surface area contributed by atoms with Crippen molar-refractivity contribution in [1.82, 2.24) is 4.57 Å². The Morgan fingerprint density at radius 2 is 1.68 bits per heavy atom. The maximum atomic E-state index is 14.3. The summed E-state index contributed by atoms with van der Waals surface area (Å²) in [6.07, 6.45) is 1.79. The number of hydrogen-bond donors (Lipinski definition) is 0. The maximum Gasteiger partial charge on any atom is 0.338 e. The summed E-state index contributed by atoms with van der Waals surface area (Å²) in [5.74, 6) is 1.62. The van der Waals surface area contributed by atoms with Crippen LogP contribution in [0.1, 0.15) is 50.4 Å². The minimum Gasteiger partial charge on any atom is -0.493 e. The zero-order valence-electron chi connectivity index (χ0n) is 28.4. The summed E-state index contributed by atoms with van der Waals surface area (Å²) < 4.78 is 31.8. The summed E-state index contributed by atoms with van der Waals surface area (Å²) in [4.78, 5) is 32.8. The number of rotatable bonds is 12. The molecule has 0 N–H and O–H groups in total. The SMILES string of the molecule is CCOC(=O)C1=C(C)N=c2s/c(=C\c3cc(Br)c(OCc4cccc5ccccc45)c(OC)c3)c(=O)n2[C@@H]1c1ccc(OCC)c(OCC)c1. The molecule has 0 aliphatic carbocycles. The predicted molar refractivity (Wildman–Crippen MR) is 198 cm³/mol. The number of ether oxygens (including phenoxy) is 5. The van der Waals surface area contributed by atoms with Crippen molar-refractivity contribution in [3.63, 3.8) is 0 Å². The minimum absolute atomic E-state index is 0.179. The molecule has 50 heavy (non-hydrogen) atoms. The van der Waals surface area contributed by atoms with E-state index in [-0.39, 0.29) is 17.7 Å². The molecule has 5 aromatic rings. The highest BCUT2D eigenvalue weighted by Gasteiger charge is 2.34. The van der Waals surface area contributed by atoms with Crippen molar-refractivity contribution in [3.05, 3.63) is 125 Å². The molecule has 2 heterocycles. The van der Waals surface area contributed by atoms with Gasteiger partial charge in [-0.15, -0.1) is 0 Å². The molecule has 11 heteroatoms. The molecule has 4 aromatic carbocycles. The Kier molecular flexibility index (Phi) is 10.7. The van der Waals surface area contributed by atoms with Crippen LogP contribution >= 0.6 is 27.3 Å². The van der Waals surface area contributed by atoms with Crippen molar-refractivity contribution in [3.8, 4) is 23.0 Å². The Balaban J connectivity index is 1.41. The fourth-order valence-corrected chi connectivity index (χ4v) is 7.65. The van der Waals surface area contributed by atoms with Gasteiger partial charge in [-0.1, -0.05) is 59.9 Å². The van der Waals surface area contributed by atoms with Crippen LogP contribution in [-0.2, 0) is 16.1 Å². The van der Waals surface area contributed by atoms with Crippen LogP contribution in [0.4, 0.5) is 0 Å². The van der Waals surface area contributed by atoms with E-state index in [4.69, 9.17) is 28.7 Å². The molecule has 0 saturated carbocycles. The number of nitrogens with zero attached hydrogens (tertiary/aromatic N) is 2. The van der Waals surface area contributed by atoms with Gasteiger partial charge in [-0.3, -0.25) is 9.36 Å². The number of esters is 1. The number of carbonyl (C=O) groups is 1. The molecule has 0 fully saturated rings. The smallest absolute Gasteiger partial charge is 0.338 e. The van der Waals surface area contributed by atoms with Gasteiger partial charge in [-0.05, 0) is 101 Å². The quantitative estimate of drug-likeness (QED) is 0.125. The lowest BCUT2D eigenvalue weighted by Crippen LogP contribution is -2.40. The van der Waals surface area contributed by atoms with Gasteiger partial charge in [-0.2, -0.15) is 0 Å². The zero-order chi connectivity index (χ0) is 35.4. The molecule has 6 rings (SSSR count). The topological polar surface area (TPSA) is 97.6 Å². The number of hydrogen-bond acceptors (Lipinski definition) is 9. The van der Waals surface area contributed by atoms with Crippen molar-refractivity contribution in [2.75, 3.05) is 26.9 Å². The molecule has 0 unspecified atom stereocenters. The molecular formula is C39H37BrN2O7S. The Morgan fingerprint density at radius 1 is 0.920 bits per heavy atom. The van der Waals surface area contributed by atoms with Gasteiger partial charge in [0.05, 0.1) is 53.2 Å². The van der Waals surface area contributed by atoms with Gasteiger partial charge in [0.25, 0.3) is 5.56 Å². The van der Waals surface area contributed by atoms with Crippen LogP contribution in [0.2, 0.25) is 0 Å². The second-order valence-electron chi connectivity index (χ2n) is 11.3. The largest absolute Gasteiger partial charge is 0.493 e. The van der Waals surface area contributed by atoms with Crippen LogP contribution in [-0.4, -0.2) is 37.5 Å². The summed E-state index contributed by atoms with van der Waals surface area (Å²) in [7, 11) is 1.58. The van der Waals surface area contributed by atoms with Crippen LogP contribution in [0, 0.1) is 0 Å². The maximum absolute atomic E-state index is 14.3. The number of carbonyl (C=O) groups excluding carboxylic acids is 1. The second kappa shape index (κ2) is 15.3. The molecule has 1 atom stereocenters. The van der Waals surface area contributed by atoms with Crippen molar-refractivity contribution in [2.45, 2.75) is 40.3 Å². The third kappa shape index (κ3) is 6.93. The summed E-state index contributed by atoms with van der Waals surface area (Å²) in [5.41, 5.74) is 2.90. The number of halogens is 1. The third-order valence-electron chi connectivity index (χ3n) is 8.20. The first-order valence-corrected chi connectivity index (χ1v) is 17.9. The number of methoxy groups -OCH3 is 1. The molecule has 0 spiro atoms. The molecule has 0 saturated heterocycles. The van der Waals surface area contributed by atoms with Crippen LogP contribution in [0.25, 0.3) is 16.8 Å². The van der Waals surface area contributed by atoms with Gasteiger partial charge in [-0.25, -0.2) is 9.79 Å². The number of aromatic nitrogens is 1. The second-order valence-corrected chi connectivity index (χ2v) is 13.2. The Morgan fingerprint density at radius 3 is 2.44 bits per heavy atom. The first kappa shape index (κ1) is 35.0. The Bertz CT molecular complexity index is 2290. The van der Waals surface area contributed by atoms with E-state index in [0.29, 0.717) is 73.4 Å². The average molecular weight is 758 g/mol. The van der Waals surface area contributed by atoms with Crippen molar-refractivity contribution in [2.24, 2.45) is 4.99 Å². The van der Waals surface area contributed by atoms with Crippen LogP contribution in [0.3, 0.4) is 0 Å². The van der Waals surface area contributed by atoms with E-state index in [2.05, 4.69) is 34.1 Å². The summed E-state index contributed by atoms with van der Waals surface area (Å²) in [6.45, 7) is 8.68. The fourth-order valence-electron chi connectivity index (χ4n) is 6.03. The highest BCUT2D eigenvalue weighted by atomic mass is 79.9. The molecule has 258 valence electrons. The van der Waals surface area contributed by atoms with E-state index < -0.39 is 12.0 Å². The zero-order valence-corrected chi connectivity index (χ0v) is 30.9. The van der Waals surface area contributed by atoms with E-state index in [1.165, 1.54) is 11.3 Å². The van der Waals surface area contributed by atoms with E-state index in [0.717, 1.165) is 16.3 Å². The number of allylic oxidation sites excluding steroid dienone is 1. The van der Waals surface area contributed by atoms with Gasteiger partial charge < -0.3 is 23.7 Å². The van der Waals surface area contributed by atoms with E-state index in [1.54, 1.807) is 37.7 Å². The van der Waals surface area contributed by atoms with Crippen molar-refractivity contribution >= 4 is 50.1 Å². The van der Waals surface area contributed by atoms with Crippen molar-refractivity contribution in [1.29, 1.82) is 0 Å². The minimum atomic E-state index is -0.798. The summed E-state index contributed by atoms with van der Waals surface area (Å²) in [6, 6.07) is 22.7. The predicted octanol–water partition coefficient (Wildman–Crippen LogP) is 7.10. The molecule has 0 amide bonds. The van der Waals surface area contributed by atoms with Gasteiger partial charge in [0.1, 0.15) is 6.61 Å². The Labute approximate surface area is 302 Å². The van der Waals surface area contributed by atoms with E-state index >= 15 is 0 Å². The van der Waals surface area contributed by atoms with Gasteiger partial charge >= 0.3 is 5.97 Å². The molecule has 1 aromatic heterocycles. The number of benzene rings is 4. The third-order valence-corrected chi connectivity index (χ3v) is 9.77. The normalized spacial score (nSPS) is 14.3.